The highest BCUT2D eigenvalue weighted by Crippen LogP contribution is 2.22. The average molecular weight is 430 g/mol. The lowest BCUT2D eigenvalue weighted by molar-refractivity contribution is 0.0956. The molecule has 1 amide bonds. The fourth-order valence-electron chi connectivity index (χ4n) is 3.51. The second-order valence-electron chi connectivity index (χ2n) is 8.62. The molecule has 2 aromatic carbocycles. The van der Waals surface area contributed by atoms with Gasteiger partial charge in [-0.25, -0.2) is 8.42 Å². The summed E-state index contributed by atoms with van der Waals surface area (Å²) < 4.78 is 26.8. The zero-order valence-corrected chi connectivity index (χ0v) is 18.8. The molecule has 1 fully saturated rings. The molecule has 0 saturated carbocycles. The summed E-state index contributed by atoms with van der Waals surface area (Å²) in [6, 6.07) is 17.5. The van der Waals surface area contributed by atoms with Crippen molar-refractivity contribution in [3.05, 3.63) is 65.7 Å². The first-order chi connectivity index (χ1) is 14.2. The minimum absolute atomic E-state index is 0.0214. The number of carbonyl (C=O) groups is 1. The molecule has 1 saturated heterocycles. The van der Waals surface area contributed by atoms with Crippen molar-refractivity contribution >= 4 is 21.6 Å². The number of para-hydroxylation sites is 1. The summed E-state index contributed by atoms with van der Waals surface area (Å²) >= 11 is 0. The summed E-state index contributed by atoms with van der Waals surface area (Å²) in [4.78, 5) is 14.5. The smallest absolute Gasteiger partial charge is 0.251 e. The first-order valence-electron chi connectivity index (χ1n) is 10.3. The van der Waals surface area contributed by atoms with Crippen molar-refractivity contribution in [3.63, 3.8) is 0 Å². The molecule has 0 bridgehead atoms. The lowest BCUT2D eigenvalue weighted by Gasteiger charge is -2.35. The van der Waals surface area contributed by atoms with Crippen LogP contribution in [0, 0.1) is 0 Å². The van der Waals surface area contributed by atoms with E-state index in [0.29, 0.717) is 31.7 Å². The lowest BCUT2D eigenvalue weighted by atomic mass is 9.87. The Morgan fingerprint density at radius 1 is 0.933 bits per heavy atom. The van der Waals surface area contributed by atoms with Crippen molar-refractivity contribution < 1.29 is 13.2 Å². The van der Waals surface area contributed by atoms with Gasteiger partial charge >= 0.3 is 0 Å². The van der Waals surface area contributed by atoms with E-state index in [1.165, 1.54) is 4.31 Å². The molecule has 0 radical (unpaired) electrons. The van der Waals surface area contributed by atoms with Crippen LogP contribution in [0.25, 0.3) is 0 Å². The van der Waals surface area contributed by atoms with E-state index in [2.05, 4.69) is 31.0 Å². The molecule has 0 atom stereocenters. The number of carbonyl (C=O) groups excluding carboxylic acids is 1. The fraction of sp³-hybridized carbons (Fsp3) is 0.435. The SMILES string of the molecule is CC(C)(C)c1ccc(C(=O)NCCS(=O)(=O)N2CCN(c3ccccc3)CC2)cc1. The Hall–Kier alpha value is -2.38. The Balaban J connectivity index is 1.48. The van der Waals surface area contributed by atoms with Crippen molar-refractivity contribution in [1.82, 2.24) is 9.62 Å². The Kier molecular flexibility index (Phi) is 6.83. The maximum Gasteiger partial charge on any atom is 0.251 e. The van der Waals surface area contributed by atoms with Crippen LogP contribution in [0.5, 0.6) is 0 Å². The number of piperazine rings is 1. The van der Waals surface area contributed by atoms with Gasteiger partial charge in [-0.1, -0.05) is 51.1 Å². The van der Waals surface area contributed by atoms with Crippen LogP contribution >= 0.6 is 0 Å². The monoisotopic (exact) mass is 429 g/mol. The van der Waals surface area contributed by atoms with Gasteiger partial charge in [-0.15, -0.1) is 0 Å². The number of rotatable bonds is 6. The molecular weight excluding hydrogens is 398 g/mol. The zero-order chi connectivity index (χ0) is 21.8. The normalized spacial score (nSPS) is 15.8. The highest BCUT2D eigenvalue weighted by molar-refractivity contribution is 7.89. The highest BCUT2D eigenvalue weighted by atomic mass is 32.2. The van der Waals surface area contributed by atoms with Crippen LogP contribution in [0.2, 0.25) is 0 Å². The Morgan fingerprint density at radius 2 is 1.53 bits per heavy atom. The van der Waals surface area contributed by atoms with Crippen LogP contribution < -0.4 is 10.2 Å². The van der Waals surface area contributed by atoms with Gasteiger partial charge in [-0.2, -0.15) is 4.31 Å². The van der Waals surface area contributed by atoms with Crippen LogP contribution in [0.1, 0.15) is 36.7 Å². The van der Waals surface area contributed by atoms with Crippen LogP contribution in [0.15, 0.2) is 54.6 Å². The van der Waals surface area contributed by atoms with E-state index in [0.717, 1.165) is 11.3 Å². The fourth-order valence-corrected chi connectivity index (χ4v) is 4.85. The summed E-state index contributed by atoms with van der Waals surface area (Å²) in [6.07, 6.45) is 0. The summed E-state index contributed by atoms with van der Waals surface area (Å²) in [5.41, 5.74) is 2.82. The van der Waals surface area contributed by atoms with Gasteiger partial charge in [-0.3, -0.25) is 4.79 Å². The van der Waals surface area contributed by atoms with E-state index >= 15 is 0 Å². The number of benzene rings is 2. The third kappa shape index (κ3) is 5.61. The number of nitrogens with zero attached hydrogens (tertiary/aromatic N) is 2. The zero-order valence-electron chi connectivity index (χ0n) is 18.0. The second-order valence-corrected chi connectivity index (χ2v) is 10.7. The molecule has 3 rings (SSSR count). The van der Waals surface area contributed by atoms with Crippen LogP contribution in [-0.2, 0) is 15.4 Å². The molecule has 0 spiro atoms. The summed E-state index contributed by atoms with van der Waals surface area (Å²) in [7, 11) is -3.40. The molecular formula is C23H31N3O3S. The van der Waals surface area contributed by atoms with E-state index < -0.39 is 10.0 Å². The van der Waals surface area contributed by atoms with Crippen molar-refractivity contribution in [2.75, 3.05) is 43.4 Å². The highest BCUT2D eigenvalue weighted by Gasteiger charge is 2.27. The summed E-state index contributed by atoms with van der Waals surface area (Å²) in [6.45, 7) is 8.69. The molecule has 2 aromatic rings. The van der Waals surface area contributed by atoms with Crippen molar-refractivity contribution in [3.8, 4) is 0 Å². The number of anilines is 1. The van der Waals surface area contributed by atoms with Gasteiger partial charge in [0.15, 0.2) is 0 Å². The van der Waals surface area contributed by atoms with E-state index in [1.54, 1.807) is 12.1 Å². The third-order valence-corrected chi connectivity index (χ3v) is 7.28. The predicted molar refractivity (Wildman–Crippen MR) is 121 cm³/mol. The van der Waals surface area contributed by atoms with E-state index in [-0.39, 0.29) is 23.6 Å². The van der Waals surface area contributed by atoms with E-state index in [4.69, 9.17) is 0 Å². The molecule has 1 heterocycles. The maximum atomic E-state index is 12.7. The first kappa shape index (κ1) is 22.3. The van der Waals surface area contributed by atoms with Gasteiger partial charge < -0.3 is 10.2 Å². The topological polar surface area (TPSA) is 69.7 Å². The molecule has 0 aromatic heterocycles. The van der Waals surface area contributed by atoms with Gasteiger partial charge in [0.05, 0.1) is 5.75 Å². The molecule has 1 aliphatic rings. The van der Waals surface area contributed by atoms with Gasteiger partial charge in [0.25, 0.3) is 5.91 Å². The van der Waals surface area contributed by atoms with Gasteiger partial charge in [-0.05, 0) is 35.2 Å². The van der Waals surface area contributed by atoms with Gasteiger partial charge in [0.1, 0.15) is 0 Å². The lowest BCUT2D eigenvalue weighted by Crippen LogP contribution is -2.50. The van der Waals surface area contributed by atoms with Crippen molar-refractivity contribution in [2.45, 2.75) is 26.2 Å². The predicted octanol–water partition coefficient (Wildman–Crippen LogP) is 2.87. The molecule has 6 nitrogen and oxygen atoms in total. The molecule has 7 heteroatoms. The van der Waals surface area contributed by atoms with Crippen molar-refractivity contribution in [1.29, 1.82) is 0 Å². The minimum atomic E-state index is -3.40. The first-order valence-corrected chi connectivity index (χ1v) is 11.9. The molecule has 162 valence electrons. The molecule has 1 aliphatic heterocycles. The largest absolute Gasteiger partial charge is 0.369 e. The molecule has 1 N–H and O–H groups in total. The standard InChI is InChI=1S/C23H31N3O3S/c1-23(2,3)20-11-9-19(10-12-20)22(27)24-13-18-30(28,29)26-16-14-25(15-17-26)21-7-5-4-6-8-21/h4-12H,13-18H2,1-3H3,(H,24,27). The third-order valence-electron chi connectivity index (χ3n) is 5.41. The maximum absolute atomic E-state index is 12.7. The number of sulfonamides is 1. The van der Waals surface area contributed by atoms with Crippen molar-refractivity contribution in [2.24, 2.45) is 0 Å². The quantitative estimate of drug-likeness (QED) is 0.767. The molecule has 30 heavy (non-hydrogen) atoms. The van der Waals surface area contributed by atoms with Gasteiger partial charge in [0.2, 0.25) is 10.0 Å². The number of hydrogen-bond acceptors (Lipinski definition) is 4. The summed E-state index contributed by atoms with van der Waals surface area (Å²) in [5, 5.41) is 2.73. The second kappa shape index (κ2) is 9.18. The van der Waals surface area contributed by atoms with E-state index in [1.807, 2.05) is 42.5 Å². The Labute approximate surface area is 179 Å². The molecule has 0 aliphatic carbocycles. The average Bonchev–Trinajstić information content (AvgIpc) is 2.74. The van der Waals surface area contributed by atoms with Gasteiger partial charge in [0, 0.05) is 44.0 Å². The minimum Gasteiger partial charge on any atom is -0.369 e. The van der Waals surface area contributed by atoms with Crippen LogP contribution in [0.4, 0.5) is 5.69 Å². The Morgan fingerprint density at radius 3 is 2.10 bits per heavy atom. The number of nitrogens with one attached hydrogen (secondary N) is 1. The molecule has 0 unspecified atom stereocenters. The number of hydrogen-bond donors (Lipinski definition) is 1. The van der Waals surface area contributed by atoms with Crippen LogP contribution in [0.3, 0.4) is 0 Å². The number of amides is 1. The van der Waals surface area contributed by atoms with Crippen LogP contribution in [-0.4, -0.2) is 57.1 Å². The Bertz CT molecular complexity index is 943. The van der Waals surface area contributed by atoms with E-state index in [9.17, 15) is 13.2 Å². The summed E-state index contributed by atoms with van der Waals surface area (Å²) in [5.74, 6) is -0.344.